The number of carbonyl (C=O) groups excluding carboxylic acids is 8. The summed E-state index contributed by atoms with van der Waals surface area (Å²) in [6.45, 7) is 6.19. The fourth-order valence-corrected chi connectivity index (χ4v) is 5.67. The van der Waals surface area contributed by atoms with Gasteiger partial charge in [0.05, 0.1) is 25.7 Å². The van der Waals surface area contributed by atoms with Gasteiger partial charge in [-0.1, -0.05) is 34.1 Å². The molecule has 24 heteroatoms. The number of aliphatic imine (C=N–C) groups is 2. The Hall–Kier alpha value is -5.39. The highest BCUT2D eigenvalue weighted by Gasteiger charge is 2.30. The van der Waals surface area contributed by atoms with Gasteiger partial charge in [0.2, 0.25) is 47.3 Å². The zero-order chi connectivity index (χ0) is 45.1. The van der Waals surface area contributed by atoms with Crippen LogP contribution in [0.2, 0.25) is 0 Å². The molecular formula is C35H67N15O8S. The molecule has 59 heavy (non-hydrogen) atoms. The third-order valence-corrected chi connectivity index (χ3v) is 9.26. The third kappa shape index (κ3) is 24.9. The van der Waals surface area contributed by atoms with Gasteiger partial charge in [0.25, 0.3) is 0 Å². The minimum absolute atomic E-state index is 0.0785. The van der Waals surface area contributed by atoms with E-state index < -0.39 is 97.1 Å². The molecule has 0 bridgehead atoms. The molecule has 0 saturated carbocycles. The Labute approximate surface area is 349 Å². The van der Waals surface area contributed by atoms with Crippen molar-refractivity contribution < 1.29 is 38.4 Å². The molecule has 19 N–H and O–H groups in total. The Morgan fingerprint density at radius 1 is 0.593 bits per heavy atom. The van der Waals surface area contributed by atoms with E-state index in [9.17, 15) is 38.4 Å². The molecular weight excluding hydrogens is 791 g/mol. The summed E-state index contributed by atoms with van der Waals surface area (Å²) in [4.78, 5) is 110. The van der Waals surface area contributed by atoms with Gasteiger partial charge in [0, 0.05) is 13.1 Å². The van der Waals surface area contributed by atoms with E-state index in [1.807, 2.05) is 27.0 Å². The van der Waals surface area contributed by atoms with Crippen molar-refractivity contribution >= 4 is 70.9 Å². The van der Waals surface area contributed by atoms with Crippen LogP contribution in [0.15, 0.2) is 9.98 Å². The van der Waals surface area contributed by atoms with Crippen LogP contribution in [-0.4, -0.2) is 134 Å². The molecule has 0 aromatic rings. The Balaban J connectivity index is 5.41. The Morgan fingerprint density at radius 3 is 1.58 bits per heavy atom. The molecule has 0 spiro atoms. The third-order valence-electron chi connectivity index (χ3n) is 8.61. The van der Waals surface area contributed by atoms with Crippen molar-refractivity contribution in [3.63, 3.8) is 0 Å². The molecule has 0 unspecified atom stereocenters. The topological polar surface area (TPSA) is 402 Å². The van der Waals surface area contributed by atoms with E-state index in [-0.39, 0.29) is 62.5 Å². The number of hydrogen-bond donors (Lipinski definition) is 13. The quantitative estimate of drug-likeness (QED) is 0.0183. The van der Waals surface area contributed by atoms with E-state index in [1.54, 1.807) is 6.92 Å². The lowest BCUT2D eigenvalue weighted by Crippen LogP contribution is -2.57. The number of rotatable bonds is 30. The summed E-state index contributed by atoms with van der Waals surface area (Å²) in [5.41, 5.74) is 32.4. The molecule has 0 aromatic heterocycles. The Kier molecular flexibility index (Phi) is 27.0. The summed E-state index contributed by atoms with van der Waals surface area (Å²) in [6, 6.07) is -5.19. The molecule has 0 fully saturated rings. The van der Waals surface area contributed by atoms with Crippen LogP contribution in [-0.2, 0) is 38.4 Å². The normalized spacial score (nSPS) is 13.8. The lowest BCUT2D eigenvalue weighted by molar-refractivity contribution is -0.134. The highest BCUT2D eigenvalue weighted by molar-refractivity contribution is 7.98. The summed E-state index contributed by atoms with van der Waals surface area (Å²) < 4.78 is 0. The SMILES string of the molecule is CC[C@H](C)[C@H](NC(=O)CNC(=O)[C@@H](N)CCCN=C(N)N)C(=O)NCC(=O)N[C@@H](CC(C)C)C(=O)N[C@@H](CCSC)C(=O)NCC(=O)N[C@@H](CCCN=C(N)N)C(N)=O. The van der Waals surface area contributed by atoms with Crippen LogP contribution in [0.25, 0.3) is 0 Å². The van der Waals surface area contributed by atoms with Crippen LogP contribution >= 0.6 is 11.8 Å². The fraction of sp³-hybridized carbons (Fsp3) is 0.714. The molecule has 0 aromatic carbocycles. The zero-order valence-electron chi connectivity index (χ0n) is 34.8. The summed E-state index contributed by atoms with van der Waals surface area (Å²) in [7, 11) is 0. The van der Waals surface area contributed by atoms with Gasteiger partial charge in [-0.3, -0.25) is 48.3 Å². The largest absolute Gasteiger partial charge is 0.370 e. The van der Waals surface area contributed by atoms with Gasteiger partial charge in [-0.2, -0.15) is 11.8 Å². The molecule has 0 aliphatic rings. The molecule has 0 radical (unpaired) electrons. The molecule has 23 nitrogen and oxygen atoms in total. The number of guanidine groups is 2. The van der Waals surface area contributed by atoms with E-state index >= 15 is 0 Å². The predicted molar refractivity (Wildman–Crippen MR) is 226 cm³/mol. The van der Waals surface area contributed by atoms with Gasteiger partial charge < -0.3 is 71.6 Å². The molecule has 0 saturated heterocycles. The molecule has 0 heterocycles. The first kappa shape index (κ1) is 53.6. The number of primary amides is 1. The van der Waals surface area contributed by atoms with E-state index in [0.717, 1.165) is 0 Å². The van der Waals surface area contributed by atoms with Crippen molar-refractivity contribution in [3.05, 3.63) is 0 Å². The number of amides is 8. The van der Waals surface area contributed by atoms with Crippen molar-refractivity contribution in [1.82, 2.24) is 37.2 Å². The highest BCUT2D eigenvalue weighted by Crippen LogP contribution is 2.09. The van der Waals surface area contributed by atoms with Crippen LogP contribution in [0.5, 0.6) is 0 Å². The molecule has 8 amide bonds. The van der Waals surface area contributed by atoms with Gasteiger partial charge in [0.15, 0.2) is 11.9 Å². The average molecular weight is 858 g/mol. The van der Waals surface area contributed by atoms with Crippen molar-refractivity contribution in [2.24, 2.45) is 56.2 Å². The minimum Gasteiger partial charge on any atom is -0.370 e. The molecule has 6 atom stereocenters. The predicted octanol–water partition coefficient (Wildman–Crippen LogP) is -4.96. The standard InChI is InChI=1S/C35H67N15O8S/c1-6-20(4)28(50-27(53)18-44-30(55)21(36)9-7-12-42-34(38)39)33(58)46-17-26(52)48-24(15-19(2)3)32(57)49-23(11-14-59-5)31(56)45-16-25(51)47-22(29(37)54)10-8-13-43-35(40)41/h19-24,28H,6-18,36H2,1-5H3,(H2,37,54)(H,44,55)(H,45,56)(H,46,58)(H,47,51)(H,48,52)(H,49,57)(H,50,53)(H4,38,39,42)(H4,40,41,43)/t20-,21-,22-,23-,24-,28-/m0/s1. The lowest BCUT2D eigenvalue weighted by Gasteiger charge is -2.25. The van der Waals surface area contributed by atoms with Gasteiger partial charge >= 0.3 is 0 Å². The summed E-state index contributed by atoms with van der Waals surface area (Å²) in [5.74, 6) is -5.60. The minimum atomic E-state index is -1.10. The zero-order valence-corrected chi connectivity index (χ0v) is 35.6. The Bertz CT molecular complexity index is 1460. The maximum atomic E-state index is 13.5. The first-order chi connectivity index (χ1) is 27.7. The number of nitrogens with two attached hydrogens (primary N) is 6. The van der Waals surface area contributed by atoms with E-state index in [2.05, 4.69) is 47.2 Å². The Morgan fingerprint density at radius 2 is 1.08 bits per heavy atom. The number of carbonyl (C=O) groups is 8. The van der Waals surface area contributed by atoms with Crippen molar-refractivity contribution in [3.8, 4) is 0 Å². The van der Waals surface area contributed by atoms with Crippen LogP contribution in [0.1, 0.15) is 72.6 Å². The van der Waals surface area contributed by atoms with Crippen molar-refractivity contribution in [2.75, 3.05) is 44.7 Å². The molecule has 336 valence electrons. The van der Waals surface area contributed by atoms with E-state index in [4.69, 9.17) is 34.4 Å². The van der Waals surface area contributed by atoms with E-state index in [1.165, 1.54) is 11.8 Å². The van der Waals surface area contributed by atoms with Gasteiger partial charge in [-0.25, -0.2) is 0 Å². The van der Waals surface area contributed by atoms with Crippen molar-refractivity contribution in [1.29, 1.82) is 0 Å². The smallest absolute Gasteiger partial charge is 0.243 e. The second-order valence-corrected chi connectivity index (χ2v) is 15.2. The first-order valence-corrected chi connectivity index (χ1v) is 20.8. The summed E-state index contributed by atoms with van der Waals surface area (Å²) in [5, 5.41) is 17.7. The van der Waals surface area contributed by atoms with Crippen LogP contribution in [0, 0.1) is 11.8 Å². The molecule has 0 aliphatic carbocycles. The van der Waals surface area contributed by atoms with Crippen LogP contribution in [0.4, 0.5) is 0 Å². The number of nitrogens with one attached hydrogen (secondary N) is 7. The average Bonchev–Trinajstić information content (AvgIpc) is 3.17. The summed E-state index contributed by atoms with van der Waals surface area (Å²) >= 11 is 1.42. The number of thioether (sulfide) groups is 1. The number of nitrogens with zero attached hydrogens (tertiary/aromatic N) is 2. The van der Waals surface area contributed by atoms with Gasteiger partial charge in [-0.15, -0.1) is 0 Å². The van der Waals surface area contributed by atoms with Crippen LogP contribution < -0.4 is 71.6 Å². The lowest BCUT2D eigenvalue weighted by atomic mass is 9.98. The maximum Gasteiger partial charge on any atom is 0.243 e. The van der Waals surface area contributed by atoms with Gasteiger partial charge in [-0.05, 0) is 62.4 Å². The monoisotopic (exact) mass is 858 g/mol. The van der Waals surface area contributed by atoms with E-state index in [0.29, 0.717) is 25.0 Å². The molecule has 0 aliphatic heterocycles. The van der Waals surface area contributed by atoms with Crippen molar-refractivity contribution in [2.45, 2.75) is 103 Å². The highest BCUT2D eigenvalue weighted by atomic mass is 32.2. The second kappa shape index (κ2) is 29.8. The first-order valence-electron chi connectivity index (χ1n) is 19.4. The fourth-order valence-electron chi connectivity index (χ4n) is 5.20. The molecule has 0 rings (SSSR count). The van der Waals surface area contributed by atoms with Gasteiger partial charge in [0.1, 0.15) is 24.2 Å². The second-order valence-electron chi connectivity index (χ2n) is 14.2. The maximum absolute atomic E-state index is 13.5. The summed E-state index contributed by atoms with van der Waals surface area (Å²) in [6.07, 6.45) is 3.88. The van der Waals surface area contributed by atoms with Crippen LogP contribution in [0.3, 0.4) is 0 Å². The number of hydrogen-bond acceptors (Lipinski definition) is 12.